The lowest BCUT2D eigenvalue weighted by Crippen LogP contribution is -2.43. The van der Waals surface area contributed by atoms with Crippen LogP contribution in [0.4, 0.5) is 5.13 Å². The van der Waals surface area contributed by atoms with Crippen LogP contribution in [0.25, 0.3) is 10.6 Å². The average molecular weight is 410 g/mol. The Balaban J connectivity index is 1.44. The van der Waals surface area contributed by atoms with E-state index in [1.54, 1.807) is 17.0 Å². The summed E-state index contributed by atoms with van der Waals surface area (Å²) in [6.45, 7) is 4.83. The number of nitrogens with zero attached hydrogens (tertiary/aromatic N) is 3. The Morgan fingerprint density at radius 2 is 2.00 bits per heavy atom. The van der Waals surface area contributed by atoms with Gasteiger partial charge in [0.05, 0.1) is 6.26 Å². The van der Waals surface area contributed by atoms with E-state index in [4.69, 9.17) is 4.42 Å². The van der Waals surface area contributed by atoms with Crippen LogP contribution in [0.15, 0.2) is 47.1 Å². The van der Waals surface area contributed by atoms with E-state index in [1.807, 2.05) is 12.1 Å². The summed E-state index contributed by atoms with van der Waals surface area (Å²) in [5, 5.41) is 12.3. The summed E-state index contributed by atoms with van der Waals surface area (Å²) in [6, 6.07) is 10.9. The van der Waals surface area contributed by atoms with Crippen LogP contribution in [0.3, 0.4) is 0 Å². The summed E-state index contributed by atoms with van der Waals surface area (Å²) in [6.07, 6.45) is 2.84. The van der Waals surface area contributed by atoms with E-state index in [9.17, 15) is 9.59 Å². The summed E-state index contributed by atoms with van der Waals surface area (Å²) >= 11 is 1.32. The Morgan fingerprint density at radius 3 is 2.69 bits per heavy atom. The van der Waals surface area contributed by atoms with Crippen LogP contribution in [0.1, 0.15) is 48.7 Å². The van der Waals surface area contributed by atoms with E-state index in [0.29, 0.717) is 24.0 Å². The van der Waals surface area contributed by atoms with E-state index >= 15 is 0 Å². The standard InChI is InChI=1S/C21H22N4O3S/c1-13(2)14-7-9-15(10-8-14)19-23-24-21(29-19)22-18(26)16-5-3-11-25(16)20(27)17-6-4-12-28-17/h4,6-10,12-13,16H,3,5,11H2,1-2H3,(H,22,24,26). The van der Waals surface area contributed by atoms with Gasteiger partial charge in [0.1, 0.15) is 11.0 Å². The molecule has 0 aliphatic carbocycles. The molecule has 8 heteroatoms. The fraction of sp³-hybridized carbons (Fsp3) is 0.333. The Morgan fingerprint density at radius 1 is 1.21 bits per heavy atom. The van der Waals surface area contributed by atoms with Gasteiger partial charge in [0.25, 0.3) is 5.91 Å². The number of likely N-dealkylation sites (tertiary alicyclic amines) is 1. The fourth-order valence-electron chi connectivity index (χ4n) is 3.41. The van der Waals surface area contributed by atoms with Gasteiger partial charge in [0.2, 0.25) is 11.0 Å². The van der Waals surface area contributed by atoms with Crippen molar-refractivity contribution in [2.45, 2.75) is 38.6 Å². The molecule has 2 aromatic heterocycles. The largest absolute Gasteiger partial charge is 0.459 e. The monoisotopic (exact) mass is 410 g/mol. The highest BCUT2D eigenvalue weighted by Crippen LogP contribution is 2.29. The lowest BCUT2D eigenvalue weighted by Gasteiger charge is -2.22. The highest BCUT2D eigenvalue weighted by molar-refractivity contribution is 7.18. The fourth-order valence-corrected chi connectivity index (χ4v) is 4.17. The van der Waals surface area contributed by atoms with Crippen molar-refractivity contribution in [1.82, 2.24) is 15.1 Å². The van der Waals surface area contributed by atoms with E-state index < -0.39 is 6.04 Å². The molecule has 2 amide bonds. The third-order valence-corrected chi connectivity index (χ3v) is 5.92. The van der Waals surface area contributed by atoms with E-state index in [0.717, 1.165) is 17.0 Å². The summed E-state index contributed by atoms with van der Waals surface area (Å²) in [5.74, 6) is 0.190. The molecule has 3 heterocycles. The van der Waals surface area contributed by atoms with Crippen LogP contribution < -0.4 is 5.32 Å². The highest BCUT2D eigenvalue weighted by Gasteiger charge is 2.35. The van der Waals surface area contributed by atoms with Gasteiger partial charge in [-0.1, -0.05) is 49.4 Å². The number of benzene rings is 1. The first-order chi connectivity index (χ1) is 14.0. The maximum atomic E-state index is 12.8. The van der Waals surface area contributed by atoms with Crippen molar-refractivity contribution in [3.63, 3.8) is 0 Å². The van der Waals surface area contributed by atoms with E-state index in [1.165, 1.54) is 23.2 Å². The molecule has 7 nitrogen and oxygen atoms in total. The van der Waals surface area contributed by atoms with Crippen molar-refractivity contribution in [3.8, 4) is 10.6 Å². The molecule has 1 saturated heterocycles. The zero-order valence-electron chi connectivity index (χ0n) is 16.3. The molecule has 1 N–H and O–H groups in total. The topological polar surface area (TPSA) is 88.3 Å². The Hall–Kier alpha value is -3.00. The number of rotatable bonds is 5. The lowest BCUT2D eigenvalue weighted by atomic mass is 10.0. The zero-order chi connectivity index (χ0) is 20.4. The predicted octanol–water partition coefficient (Wildman–Crippen LogP) is 4.16. The molecule has 1 aromatic carbocycles. The Labute approximate surface area is 172 Å². The molecule has 1 unspecified atom stereocenters. The number of carbonyl (C=O) groups is 2. The Kier molecular flexibility index (Phi) is 5.44. The number of hydrogen-bond acceptors (Lipinski definition) is 6. The second-order valence-electron chi connectivity index (χ2n) is 7.31. The van der Waals surface area contributed by atoms with Gasteiger partial charge in [-0.25, -0.2) is 0 Å². The number of nitrogens with one attached hydrogen (secondary N) is 1. The minimum Gasteiger partial charge on any atom is -0.459 e. The molecule has 29 heavy (non-hydrogen) atoms. The van der Waals surface area contributed by atoms with Crippen molar-refractivity contribution >= 4 is 28.3 Å². The van der Waals surface area contributed by atoms with Crippen molar-refractivity contribution in [3.05, 3.63) is 54.0 Å². The van der Waals surface area contributed by atoms with Gasteiger partial charge in [0.15, 0.2) is 5.76 Å². The molecule has 0 radical (unpaired) electrons. The summed E-state index contributed by atoms with van der Waals surface area (Å²) in [7, 11) is 0. The van der Waals surface area contributed by atoms with Crippen molar-refractivity contribution in [1.29, 1.82) is 0 Å². The van der Waals surface area contributed by atoms with Crippen LogP contribution in [0, 0.1) is 0 Å². The first-order valence-corrected chi connectivity index (χ1v) is 10.4. The minimum absolute atomic E-state index is 0.243. The van der Waals surface area contributed by atoms with E-state index in [2.05, 4.69) is 41.5 Å². The first kappa shape index (κ1) is 19.3. The summed E-state index contributed by atoms with van der Waals surface area (Å²) in [5.41, 5.74) is 2.22. The number of aromatic nitrogens is 2. The number of anilines is 1. The van der Waals surface area contributed by atoms with Gasteiger partial charge >= 0.3 is 0 Å². The molecule has 4 rings (SSSR count). The molecular weight excluding hydrogens is 388 g/mol. The van der Waals surface area contributed by atoms with Crippen LogP contribution in [-0.4, -0.2) is 39.5 Å². The zero-order valence-corrected chi connectivity index (χ0v) is 17.1. The van der Waals surface area contributed by atoms with Crippen molar-refractivity contribution < 1.29 is 14.0 Å². The van der Waals surface area contributed by atoms with Gasteiger partial charge < -0.3 is 9.32 Å². The second kappa shape index (κ2) is 8.16. The van der Waals surface area contributed by atoms with Gasteiger partial charge in [-0.05, 0) is 36.5 Å². The normalized spacial score (nSPS) is 16.4. The van der Waals surface area contributed by atoms with Gasteiger partial charge in [-0.3, -0.25) is 14.9 Å². The predicted molar refractivity (Wildman–Crippen MR) is 111 cm³/mol. The number of carbonyl (C=O) groups excluding carboxylic acids is 2. The maximum Gasteiger partial charge on any atom is 0.290 e. The molecule has 1 atom stereocenters. The van der Waals surface area contributed by atoms with Crippen molar-refractivity contribution in [2.24, 2.45) is 0 Å². The molecule has 0 bridgehead atoms. The summed E-state index contributed by atoms with van der Waals surface area (Å²) in [4.78, 5) is 26.9. The third kappa shape index (κ3) is 4.07. The molecular formula is C21H22N4O3S. The minimum atomic E-state index is -0.537. The quantitative estimate of drug-likeness (QED) is 0.682. The van der Waals surface area contributed by atoms with Gasteiger partial charge in [0, 0.05) is 12.1 Å². The lowest BCUT2D eigenvalue weighted by molar-refractivity contribution is -0.119. The van der Waals surface area contributed by atoms with Crippen LogP contribution in [0.5, 0.6) is 0 Å². The molecule has 0 saturated carbocycles. The third-order valence-electron chi connectivity index (χ3n) is 5.03. The second-order valence-corrected chi connectivity index (χ2v) is 8.29. The highest BCUT2D eigenvalue weighted by atomic mass is 32.1. The van der Waals surface area contributed by atoms with E-state index in [-0.39, 0.29) is 17.6 Å². The number of hydrogen-bond donors (Lipinski definition) is 1. The molecule has 3 aromatic rings. The molecule has 1 aliphatic rings. The summed E-state index contributed by atoms with van der Waals surface area (Å²) < 4.78 is 5.19. The maximum absolute atomic E-state index is 12.8. The molecule has 1 fully saturated rings. The van der Waals surface area contributed by atoms with Crippen molar-refractivity contribution in [2.75, 3.05) is 11.9 Å². The van der Waals surface area contributed by atoms with Crippen LogP contribution in [0.2, 0.25) is 0 Å². The number of furan rings is 1. The SMILES string of the molecule is CC(C)c1ccc(-c2nnc(NC(=O)C3CCCN3C(=O)c3ccco3)s2)cc1. The Bertz CT molecular complexity index is 995. The molecule has 150 valence electrons. The first-order valence-electron chi connectivity index (χ1n) is 9.62. The number of amides is 2. The van der Waals surface area contributed by atoms with Gasteiger partial charge in [-0.15, -0.1) is 10.2 Å². The van der Waals surface area contributed by atoms with Crippen LogP contribution in [-0.2, 0) is 4.79 Å². The molecule has 0 spiro atoms. The molecule has 1 aliphatic heterocycles. The van der Waals surface area contributed by atoms with Crippen LogP contribution >= 0.6 is 11.3 Å². The van der Waals surface area contributed by atoms with Gasteiger partial charge in [-0.2, -0.15) is 0 Å². The average Bonchev–Trinajstić information content (AvgIpc) is 3.48. The smallest absolute Gasteiger partial charge is 0.290 e.